The number of carbonyl (C=O) groups is 3. The molecule has 0 radical (unpaired) electrons. The quantitative estimate of drug-likeness (QED) is 0.660. The van der Waals surface area contributed by atoms with E-state index in [1.807, 2.05) is 64.4 Å². The third-order valence-electron chi connectivity index (χ3n) is 6.64. The van der Waals surface area contributed by atoms with Gasteiger partial charge in [0, 0.05) is 31.2 Å². The number of imide groups is 1. The van der Waals surface area contributed by atoms with Crippen LogP contribution in [0.4, 0.5) is 10.5 Å². The minimum absolute atomic E-state index is 0.161. The lowest BCUT2D eigenvalue weighted by atomic mass is 9.90. The number of amides is 3. The summed E-state index contributed by atoms with van der Waals surface area (Å²) in [5, 5.41) is 0. The number of para-hydroxylation sites is 1. The number of anilines is 1. The van der Waals surface area contributed by atoms with Gasteiger partial charge in [-0.15, -0.1) is 0 Å². The van der Waals surface area contributed by atoms with Gasteiger partial charge in [0.2, 0.25) is 5.96 Å². The minimum atomic E-state index is -0.645. The van der Waals surface area contributed by atoms with Crippen LogP contribution in [0.1, 0.15) is 20.8 Å². The molecule has 3 aliphatic rings. The Morgan fingerprint density at radius 1 is 1.00 bits per heavy atom. The minimum Gasteiger partial charge on any atom is -0.457 e. The zero-order valence-corrected chi connectivity index (χ0v) is 20.3. The van der Waals surface area contributed by atoms with E-state index in [1.165, 1.54) is 4.90 Å². The van der Waals surface area contributed by atoms with E-state index < -0.39 is 23.7 Å². The molecule has 2 aromatic rings. The van der Waals surface area contributed by atoms with Gasteiger partial charge < -0.3 is 19.4 Å². The van der Waals surface area contributed by atoms with Gasteiger partial charge >= 0.3 is 6.03 Å². The summed E-state index contributed by atoms with van der Waals surface area (Å²) in [5.74, 6) is 1.61. The van der Waals surface area contributed by atoms with Crippen LogP contribution in [0.5, 0.6) is 11.5 Å². The summed E-state index contributed by atoms with van der Waals surface area (Å²) in [7, 11) is 1.63. The first-order valence-corrected chi connectivity index (χ1v) is 11.7. The van der Waals surface area contributed by atoms with Crippen LogP contribution >= 0.6 is 0 Å². The summed E-state index contributed by atoms with van der Waals surface area (Å²) >= 11 is 0. The number of carbonyl (C=O) groups excluding carboxylic acids is 3. The van der Waals surface area contributed by atoms with Crippen molar-refractivity contribution in [2.45, 2.75) is 33.0 Å². The number of rotatable bonds is 5. The van der Waals surface area contributed by atoms with Gasteiger partial charge in [0.15, 0.2) is 18.0 Å². The van der Waals surface area contributed by atoms with Gasteiger partial charge in [-0.1, -0.05) is 39.0 Å². The van der Waals surface area contributed by atoms with Gasteiger partial charge in [-0.3, -0.25) is 14.5 Å². The monoisotopic (exact) mass is 475 g/mol. The number of nitrogens with zero attached hydrogens (tertiary/aromatic N) is 5. The lowest BCUT2D eigenvalue weighted by Crippen LogP contribution is -2.65. The first-order valence-electron chi connectivity index (χ1n) is 11.7. The number of ether oxygens (including phenoxy) is 1. The molecule has 2 aromatic carbocycles. The number of fused-ring (bicyclic) bond motifs is 3. The van der Waals surface area contributed by atoms with Crippen molar-refractivity contribution in [1.29, 1.82) is 0 Å². The molecule has 0 aliphatic carbocycles. The van der Waals surface area contributed by atoms with Crippen LogP contribution in [0.15, 0.2) is 59.6 Å². The molecule has 2 atom stereocenters. The van der Waals surface area contributed by atoms with E-state index in [0.717, 1.165) is 22.1 Å². The van der Waals surface area contributed by atoms with Crippen molar-refractivity contribution < 1.29 is 19.1 Å². The molecule has 3 aliphatic heterocycles. The molecule has 0 N–H and O–H groups in total. The molecule has 2 unspecified atom stereocenters. The second-order valence-corrected chi connectivity index (χ2v) is 10.0. The van der Waals surface area contributed by atoms with Crippen LogP contribution < -0.4 is 9.64 Å². The molecule has 0 bridgehead atoms. The van der Waals surface area contributed by atoms with Crippen LogP contribution in [0.25, 0.3) is 0 Å². The fourth-order valence-electron chi connectivity index (χ4n) is 4.53. The van der Waals surface area contributed by atoms with E-state index in [4.69, 9.17) is 9.73 Å². The molecule has 3 heterocycles. The maximum Gasteiger partial charge on any atom is 0.328 e. The van der Waals surface area contributed by atoms with E-state index in [2.05, 4.69) is 0 Å². The van der Waals surface area contributed by atoms with E-state index in [0.29, 0.717) is 19.0 Å². The zero-order valence-electron chi connectivity index (χ0n) is 20.3. The SMILES string of the molecule is CN1C(=O)N(CC(=O)C(C)(C)C)C(=O)C2C1N=C1N(c3ccc(Oc4ccccc4)cc3)CCN12. The maximum absolute atomic E-state index is 13.4. The second-order valence-electron chi connectivity index (χ2n) is 10.0. The molecule has 2 fully saturated rings. The number of aliphatic imine (C=N–C) groups is 1. The summed E-state index contributed by atoms with van der Waals surface area (Å²) in [5.41, 5.74) is 0.278. The molecule has 0 aromatic heterocycles. The Morgan fingerprint density at radius 2 is 1.66 bits per heavy atom. The summed E-state index contributed by atoms with van der Waals surface area (Å²) in [6.45, 7) is 6.37. The number of benzene rings is 2. The molecule has 9 nitrogen and oxygen atoms in total. The molecule has 0 saturated carbocycles. The summed E-state index contributed by atoms with van der Waals surface area (Å²) in [6, 6.07) is 16.2. The first kappa shape index (κ1) is 22.9. The van der Waals surface area contributed by atoms with Crippen molar-refractivity contribution in [1.82, 2.24) is 14.7 Å². The Labute approximate surface area is 204 Å². The van der Waals surface area contributed by atoms with E-state index in [9.17, 15) is 14.4 Å². The summed E-state index contributed by atoms with van der Waals surface area (Å²) in [6.07, 6.45) is -0.616. The lowest BCUT2D eigenvalue weighted by molar-refractivity contribution is -0.142. The van der Waals surface area contributed by atoms with Crippen LogP contribution in [0, 0.1) is 5.41 Å². The lowest BCUT2D eigenvalue weighted by Gasteiger charge is -2.40. The molecule has 35 heavy (non-hydrogen) atoms. The first-order chi connectivity index (χ1) is 16.6. The highest BCUT2D eigenvalue weighted by Gasteiger charge is 2.55. The van der Waals surface area contributed by atoms with Gasteiger partial charge in [-0.25, -0.2) is 9.79 Å². The molecular formula is C26H29N5O4. The molecule has 0 spiro atoms. The van der Waals surface area contributed by atoms with Crippen molar-refractivity contribution >= 4 is 29.4 Å². The zero-order chi connectivity index (χ0) is 24.9. The topological polar surface area (TPSA) is 85.8 Å². The van der Waals surface area contributed by atoms with Gasteiger partial charge in [-0.2, -0.15) is 0 Å². The maximum atomic E-state index is 13.4. The van der Waals surface area contributed by atoms with Crippen molar-refractivity contribution in [2.24, 2.45) is 10.4 Å². The number of hydrogen-bond acceptors (Lipinski definition) is 7. The number of guanidine groups is 1. The number of ketones is 1. The van der Waals surface area contributed by atoms with E-state index in [1.54, 1.807) is 27.8 Å². The Kier molecular flexibility index (Phi) is 5.50. The fourth-order valence-corrected chi connectivity index (χ4v) is 4.53. The van der Waals surface area contributed by atoms with Crippen molar-refractivity contribution in [2.75, 3.05) is 31.6 Å². The van der Waals surface area contributed by atoms with Gasteiger partial charge in [0.1, 0.15) is 11.5 Å². The Bertz CT molecular complexity index is 1190. The number of Topliss-reactive ketones (excluding diaryl/α,β-unsaturated/α-hetero) is 1. The highest BCUT2D eigenvalue weighted by molar-refractivity contribution is 6.09. The highest BCUT2D eigenvalue weighted by Crippen LogP contribution is 2.34. The van der Waals surface area contributed by atoms with Gasteiger partial charge in [-0.05, 0) is 36.4 Å². The van der Waals surface area contributed by atoms with Gasteiger partial charge in [0.25, 0.3) is 5.91 Å². The standard InChI is InChI=1S/C26H29N5O4/c1-26(2,3)20(32)16-31-23(33)21-22(28(4)25(31)34)27-24-29(14-15-30(21)24)17-10-12-19(13-11-17)35-18-8-6-5-7-9-18/h5-13,21-22H,14-16H2,1-4H3. The predicted octanol–water partition coefficient (Wildman–Crippen LogP) is 3.17. The fraction of sp³-hybridized carbons (Fsp3) is 0.385. The Morgan fingerprint density at radius 3 is 2.31 bits per heavy atom. The number of likely N-dealkylation sites (N-methyl/N-ethyl adjacent to an activating group) is 1. The van der Waals surface area contributed by atoms with Crippen molar-refractivity contribution in [3.63, 3.8) is 0 Å². The third-order valence-corrected chi connectivity index (χ3v) is 6.64. The van der Waals surface area contributed by atoms with Crippen LogP contribution in [-0.2, 0) is 9.59 Å². The molecule has 5 rings (SSSR count). The van der Waals surface area contributed by atoms with Gasteiger partial charge in [0.05, 0.1) is 6.54 Å². The van der Waals surface area contributed by atoms with Crippen molar-refractivity contribution in [3.05, 3.63) is 54.6 Å². The smallest absolute Gasteiger partial charge is 0.328 e. The normalized spacial score (nSPS) is 21.8. The Balaban J connectivity index is 1.35. The molecule has 9 heteroatoms. The van der Waals surface area contributed by atoms with Crippen LogP contribution in [0.3, 0.4) is 0 Å². The molecular weight excluding hydrogens is 446 g/mol. The average Bonchev–Trinajstić information content (AvgIpc) is 3.40. The molecule has 3 amide bonds. The number of hydrogen-bond donors (Lipinski definition) is 0. The van der Waals surface area contributed by atoms with E-state index in [-0.39, 0.29) is 18.2 Å². The second kappa shape index (κ2) is 8.41. The average molecular weight is 476 g/mol. The molecule has 2 saturated heterocycles. The number of urea groups is 1. The highest BCUT2D eigenvalue weighted by atomic mass is 16.5. The van der Waals surface area contributed by atoms with Crippen LogP contribution in [-0.4, -0.2) is 77.3 Å². The summed E-state index contributed by atoms with van der Waals surface area (Å²) in [4.78, 5) is 50.3. The Hall–Kier alpha value is -3.88. The predicted molar refractivity (Wildman–Crippen MR) is 131 cm³/mol. The van der Waals surface area contributed by atoms with Crippen molar-refractivity contribution in [3.8, 4) is 11.5 Å². The molecule has 182 valence electrons. The third kappa shape index (κ3) is 4.00. The summed E-state index contributed by atoms with van der Waals surface area (Å²) < 4.78 is 5.89. The largest absolute Gasteiger partial charge is 0.457 e. The van der Waals surface area contributed by atoms with Crippen LogP contribution in [0.2, 0.25) is 0 Å². The van der Waals surface area contributed by atoms with E-state index >= 15 is 0 Å².